The molecule has 1 saturated heterocycles. The Kier molecular flexibility index (Phi) is 6.08. The van der Waals surface area contributed by atoms with Crippen molar-refractivity contribution >= 4 is 29.5 Å². The summed E-state index contributed by atoms with van der Waals surface area (Å²) in [4.78, 5) is 38.0. The number of benzene rings is 2. The largest absolute Gasteiger partial charge is 0.488 e. The smallest absolute Gasteiger partial charge is 0.326 e. The van der Waals surface area contributed by atoms with Crippen molar-refractivity contribution in [2.45, 2.75) is 19.4 Å². The van der Waals surface area contributed by atoms with Gasteiger partial charge in [-0.3, -0.25) is 14.5 Å². The molecule has 0 aliphatic carbocycles. The number of rotatable bonds is 7. The number of nitrogens with zero attached hydrogens (tertiary/aromatic N) is 1. The third-order valence-corrected chi connectivity index (χ3v) is 4.94. The molecule has 7 nitrogen and oxygen atoms in total. The molecule has 152 valence electrons. The number of carbonyl (C=O) groups is 3. The van der Waals surface area contributed by atoms with Crippen molar-refractivity contribution in [3.63, 3.8) is 0 Å². The summed E-state index contributed by atoms with van der Waals surface area (Å²) in [6, 6.07) is 13.6. The molecule has 1 aliphatic rings. The maximum absolute atomic E-state index is 12.8. The summed E-state index contributed by atoms with van der Waals surface area (Å²) in [6.07, 6.45) is 0. The summed E-state index contributed by atoms with van der Waals surface area (Å²) in [6.45, 7) is 3.12. The number of aryl methyl sites for hydroxylation is 1. The van der Waals surface area contributed by atoms with Crippen molar-refractivity contribution in [1.29, 1.82) is 0 Å². The maximum atomic E-state index is 12.8. The Hall–Kier alpha value is -3.06. The Balaban J connectivity index is 1.53. The lowest BCUT2D eigenvalue weighted by Gasteiger charge is -2.22. The minimum atomic E-state index is -1.22. The highest BCUT2D eigenvalue weighted by atomic mass is 35.5. The van der Waals surface area contributed by atoms with E-state index in [1.54, 1.807) is 43.3 Å². The van der Waals surface area contributed by atoms with Gasteiger partial charge in [0.2, 0.25) is 0 Å². The van der Waals surface area contributed by atoms with E-state index < -0.39 is 30.0 Å². The molecular formula is C21H21ClN2O5. The van der Waals surface area contributed by atoms with Crippen molar-refractivity contribution in [3.05, 3.63) is 64.7 Å². The molecule has 8 heteroatoms. The van der Waals surface area contributed by atoms with Crippen LogP contribution in [0.2, 0.25) is 5.02 Å². The number of ether oxygens (including phenoxy) is 2. The fourth-order valence-electron chi connectivity index (χ4n) is 2.97. The molecule has 3 rings (SSSR count). The zero-order chi connectivity index (χ0) is 21.0. The van der Waals surface area contributed by atoms with E-state index in [4.69, 9.17) is 21.1 Å². The van der Waals surface area contributed by atoms with E-state index in [1.165, 1.54) is 0 Å². The van der Waals surface area contributed by atoms with Gasteiger partial charge in [-0.05, 0) is 31.5 Å². The summed E-state index contributed by atoms with van der Waals surface area (Å²) >= 11 is 5.98. The molecular weight excluding hydrogens is 396 g/mol. The third-order valence-electron chi connectivity index (χ3n) is 4.63. The highest BCUT2D eigenvalue weighted by molar-refractivity contribution is 6.32. The van der Waals surface area contributed by atoms with Gasteiger partial charge in [0.1, 0.15) is 31.0 Å². The van der Waals surface area contributed by atoms with Gasteiger partial charge in [-0.25, -0.2) is 4.79 Å². The van der Waals surface area contributed by atoms with Crippen LogP contribution in [0.1, 0.15) is 18.1 Å². The monoisotopic (exact) mass is 416 g/mol. The van der Waals surface area contributed by atoms with Crippen LogP contribution in [0.15, 0.2) is 48.5 Å². The van der Waals surface area contributed by atoms with E-state index in [0.29, 0.717) is 16.3 Å². The SMILES string of the molecule is Cc1ccc([C@@]2(C)NC(=O)N(CC(=O)OCCOc3ccccc3Cl)C2=O)cc1. The molecule has 0 radical (unpaired) electrons. The van der Waals surface area contributed by atoms with Crippen LogP contribution in [-0.2, 0) is 19.9 Å². The van der Waals surface area contributed by atoms with Crippen molar-refractivity contribution < 1.29 is 23.9 Å². The summed E-state index contributed by atoms with van der Waals surface area (Å²) in [5.41, 5.74) is 0.456. The maximum Gasteiger partial charge on any atom is 0.326 e. The van der Waals surface area contributed by atoms with Crippen molar-refractivity contribution in [3.8, 4) is 5.75 Å². The van der Waals surface area contributed by atoms with E-state index in [-0.39, 0.29) is 13.2 Å². The van der Waals surface area contributed by atoms with Crippen LogP contribution in [0, 0.1) is 6.92 Å². The number of nitrogens with one attached hydrogen (secondary N) is 1. The Morgan fingerprint density at radius 1 is 1.10 bits per heavy atom. The molecule has 1 aliphatic heterocycles. The van der Waals surface area contributed by atoms with Gasteiger partial charge in [0.15, 0.2) is 0 Å². The van der Waals surface area contributed by atoms with Gasteiger partial charge in [-0.15, -0.1) is 0 Å². The number of halogens is 1. The Morgan fingerprint density at radius 2 is 1.79 bits per heavy atom. The second-order valence-electron chi connectivity index (χ2n) is 6.81. The summed E-state index contributed by atoms with van der Waals surface area (Å²) in [7, 11) is 0. The summed E-state index contributed by atoms with van der Waals surface area (Å²) < 4.78 is 10.5. The van der Waals surface area contributed by atoms with Crippen LogP contribution in [0.4, 0.5) is 4.79 Å². The number of urea groups is 1. The fourth-order valence-corrected chi connectivity index (χ4v) is 3.16. The Morgan fingerprint density at radius 3 is 2.48 bits per heavy atom. The molecule has 0 saturated carbocycles. The van der Waals surface area contributed by atoms with Gasteiger partial charge in [-0.2, -0.15) is 0 Å². The average Bonchev–Trinajstić information content (AvgIpc) is 2.91. The predicted octanol–water partition coefficient (Wildman–Crippen LogP) is 3.04. The van der Waals surface area contributed by atoms with Crippen LogP contribution in [0.5, 0.6) is 5.75 Å². The number of hydrogen-bond donors (Lipinski definition) is 1. The highest BCUT2D eigenvalue weighted by Crippen LogP contribution is 2.29. The zero-order valence-electron chi connectivity index (χ0n) is 16.1. The molecule has 0 unspecified atom stereocenters. The van der Waals surface area contributed by atoms with Gasteiger partial charge < -0.3 is 14.8 Å². The minimum Gasteiger partial charge on any atom is -0.488 e. The number of hydrogen-bond acceptors (Lipinski definition) is 5. The molecule has 0 spiro atoms. The van der Waals surface area contributed by atoms with E-state index in [0.717, 1.165) is 10.5 Å². The van der Waals surface area contributed by atoms with Crippen LogP contribution in [-0.4, -0.2) is 42.6 Å². The van der Waals surface area contributed by atoms with Gasteiger partial charge >= 0.3 is 12.0 Å². The van der Waals surface area contributed by atoms with Crippen LogP contribution in [0.3, 0.4) is 0 Å². The molecule has 2 aromatic rings. The first-order valence-electron chi connectivity index (χ1n) is 9.05. The molecule has 1 atom stereocenters. The van der Waals surface area contributed by atoms with Crippen LogP contribution < -0.4 is 10.1 Å². The van der Waals surface area contributed by atoms with Crippen molar-refractivity contribution in [2.24, 2.45) is 0 Å². The zero-order valence-corrected chi connectivity index (χ0v) is 16.9. The number of para-hydroxylation sites is 1. The van der Waals surface area contributed by atoms with E-state index in [9.17, 15) is 14.4 Å². The van der Waals surface area contributed by atoms with E-state index in [1.807, 2.05) is 19.1 Å². The number of imide groups is 1. The molecule has 0 bridgehead atoms. The lowest BCUT2D eigenvalue weighted by atomic mass is 9.91. The fraction of sp³-hybridized carbons (Fsp3) is 0.286. The Labute approximate surface area is 173 Å². The van der Waals surface area contributed by atoms with Gasteiger partial charge in [0.05, 0.1) is 5.02 Å². The Bertz CT molecular complexity index is 931. The summed E-state index contributed by atoms with van der Waals surface area (Å²) in [5.74, 6) is -0.729. The second-order valence-corrected chi connectivity index (χ2v) is 7.22. The molecule has 0 aromatic heterocycles. The molecule has 1 fully saturated rings. The molecule has 29 heavy (non-hydrogen) atoms. The van der Waals surface area contributed by atoms with Crippen molar-refractivity contribution in [1.82, 2.24) is 10.2 Å². The molecule has 2 aromatic carbocycles. The number of amides is 3. The first kappa shape index (κ1) is 20.7. The lowest BCUT2D eigenvalue weighted by molar-refractivity contribution is -0.148. The molecule has 3 amide bonds. The van der Waals surface area contributed by atoms with Crippen molar-refractivity contribution in [2.75, 3.05) is 19.8 Å². The van der Waals surface area contributed by atoms with Crippen LogP contribution >= 0.6 is 11.6 Å². The third kappa shape index (κ3) is 4.51. The topological polar surface area (TPSA) is 84.9 Å². The number of esters is 1. The van der Waals surface area contributed by atoms with E-state index in [2.05, 4.69) is 5.32 Å². The number of carbonyl (C=O) groups excluding carboxylic acids is 3. The quantitative estimate of drug-likeness (QED) is 0.426. The lowest BCUT2D eigenvalue weighted by Crippen LogP contribution is -2.41. The second kappa shape index (κ2) is 8.53. The minimum absolute atomic E-state index is 0.0388. The highest BCUT2D eigenvalue weighted by Gasteiger charge is 2.49. The van der Waals surface area contributed by atoms with E-state index >= 15 is 0 Å². The molecule has 1 heterocycles. The van der Waals surface area contributed by atoms with Gasteiger partial charge in [0.25, 0.3) is 5.91 Å². The van der Waals surface area contributed by atoms with Gasteiger partial charge in [0, 0.05) is 0 Å². The summed E-state index contributed by atoms with van der Waals surface area (Å²) in [5, 5.41) is 3.11. The first-order chi connectivity index (χ1) is 13.8. The standard InChI is InChI=1S/C21H21ClN2O5/c1-14-7-9-15(10-8-14)21(2)19(26)24(20(27)23-21)13-18(25)29-12-11-28-17-6-4-3-5-16(17)22/h3-10H,11-13H2,1-2H3,(H,23,27)/t21-/m1/s1. The van der Waals surface area contributed by atoms with Gasteiger partial charge in [-0.1, -0.05) is 53.6 Å². The molecule has 1 N–H and O–H groups in total. The first-order valence-corrected chi connectivity index (χ1v) is 9.43. The normalized spacial score (nSPS) is 18.5. The average molecular weight is 417 g/mol. The predicted molar refractivity (Wildman–Crippen MR) is 107 cm³/mol. The van der Waals surface area contributed by atoms with Crippen LogP contribution in [0.25, 0.3) is 0 Å².